The largest absolute Gasteiger partial charge is 0.497 e. The molecule has 6 heteroatoms. The van der Waals surface area contributed by atoms with Crippen molar-refractivity contribution < 1.29 is 23.4 Å². The molecule has 0 radical (unpaired) electrons. The number of halogens is 2. The van der Waals surface area contributed by atoms with Crippen LogP contribution in [0.25, 0.3) is 10.9 Å². The molecule has 18 heavy (non-hydrogen) atoms. The van der Waals surface area contributed by atoms with Crippen LogP contribution in [0.5, 0.6) is 5.75 Å². The van der Waals surface area contributed by atoms with Gasteiger partial charge in [-0.25, -0.2) is 0 Å². The average Bonchev–Trinajstić information content (AvgIpc) is 2.70. The molecule has 2 rings (SSSR count). The number of aromatic nitrogens is 1. The minimum absolute atomic E-state index is 0.409. The van der Waals surface area contributed by atoms with Gasteiger partial charge in [0.05, 0.1) is 12.8 Å². The Labute approximate surface area is 101 Å². The van der Waals surface area contributed by atoms with Crippen LogP contribution >= 0.6 is 0 Å². The van der Waals surface area contributed by atoms with E-state index in [2.05, 4.69) is 4.98 Å². The highest BCUT2D eigenvalue weighted by molar-refractivity contribution is 5.82. The van der Waals surface area contributed by atoms with E-state index in [1.165, 1.54) is 13.2 Å². The Bertz CT molecular complexity index is 592. The van der Waals surface area contributed by atoms with Crippen molar-refractivity contribution in [2.45, 2.75) is 12.3 Å². The molecule has 0 unspecified atom stereocenters. The van der Waals surface area contributed by atoms with Gasteiger partial charge in [-0.15, -0.1) is 0 Å². The third-order valence-electron chi connectivity index (χ3n) is 2.60. The number of benzene rings is 1. The highest BCUT2D eigenvalue weighted by Crippen LogP contribution is 2.33. The molecule has 0 fully saturated rings. The van der Waals surface area contributed by atoms with E-state index in [1.807, 2.05) is 0 Å². The summed E-state index contributed by atoms with van der Waals surface area (Å²) in [6.45, 7) is 0. The van der Waals surface area contributed by atoms with Crippen LogP contribution < -0.4 is 4.74 Å². The molecule has 0 aliphatic heterocycles. The Morgan fingerprint density at radius 1 is 1.44 bits per heavy atom. The van der Waals surface area contributed by atoms with Crippen LogP contribution in [0.1, 0.15) is 12.1 Å². The second-order valence-electron chi connectivity index (χ2n) is 3.91. The van der Waals surface area contributed by atoms with Crippen molar-refractivity contribution in [3.05, 3.63) is 30.0 Å². The number of carboxylic acids is 1. The number of alkyl halides is 2. The Kier molecular flexibility index (Phi) is 2.94. The molecular weight excluding hydrogens is 244 g/mol. The first-order valence-electron chi connectivity index (χ1n) is 5.19. The number of carboxylic acid groups (broad SMARTS) is 1. The van der Waals surface area contributed by atoms with Gasteiger partial charge < -0.3 is 14.8 Å². The fourth-order valence-electron chi connectivity index (χ4n) is 1.72. The number of H-pyrrole nitrogens is 1. The van der Waals surface area contributed by atoms with Crippen molar-refractivity contribution in [3.8, 4) is 5.75 Å². The first-order valence-corrected chi connectivity index (χ1v) is 5.19. The molecule has 2 aromatic rings. The highest BCUT2D eigenvalue weighted by atomic mass is 19.3. The number of hydrogen-bond donors (Lipinski definition) is 2. The van der Waals surface area contributed by atoms with Crippen LogP contribution in [0.2, 0.25) is 0 Å². The van der Waals surface area contributed by atoms with E-state index in [9.17, 15) is 13.6 Å². The van der Waals surface area contributed by atoms with E-state index >= 15 is 0 Å². The third-order valence-corrected chi connectivity index (χ3v) is 2.60. The quantitative estimate of drug-likeness (QED) is 0.883. The molecule has 1 aromatic heterocycles. The topological polar surface area (TPSA) is 62.3 Å². The summed E-state index contributed by atoms with van der Waals surface area (Å²) in [5.41, 5.74) is 0.0718. The average molecular weight is 255 g/mol. The number of hydrogen-bond acceptors (Lipinski definition) is 2. The molecule has 1 heterocycles. The fraction of sp³-hybridized carbons (Fsp3) is 0.250. The number of nitrogens with one attached hydrogen (secondary N) is 1. The first-order chi connectivity index (χ1) is 8.42. The monoisotopic (exact) mass is 255 g/mol. The fourth-order valence-corrected chi connectivity index (χ4v) is 1.72. The first kappa shape index (κ1) is 12.3. The minimum Gasteiger partial charge on any atom is -0.497 e. The number of aromatic amines is 1. The lowest BCUT2D eigenvalue weighted by molar-refractivity contribution is -0.145. The van der Waals surface area contributed by atoms with Gasteiger partial charge in [-0.2, -0.15) is 8.78 Å². The molecule has 0 aliphatic rings. The third kappa shape index (κ3) is 2.27. The van der Waals surface area contributed by atoms with Gasteiger partial charge in [-0.3, -0.25) is 4.79 Å². The summed E-state index contributed by atoms with van der Waals surface area (Å²) >= 11 is 0. The zero-order chi connectivity index (χ0) is 13.3. The molecule has 1 aromatic carbocycles. The molecule has 0 spiro atoms. The maximum Gasteiger partial charge on any atom is 0.309 e. The van der Waals surface area contributed by atoms with Gasteiger partial charge >= 0.3 is 5.97 Å². The molecule has 96 valence electrons. The van der Waals surface area contributed by atoms with Crippen molar-refractivity contribution >= 4 is 16.9 Å². The van der Waals surface area contributed by atoms with E-state index in [1.54, 1.807) is 18.2 Å². The van der Waals surface area contributed by atoms with Crippen LogP contribution in [-0.4, -0.2) is 23.2 Å². The van der Waals surface area contributed by atoms with Gasteiger partial charge in [-0.05, 0) is 18.2 Å². The Hall–Kier alpha value is -2.11. The lowest BCUT2D eigenvalue weighted by Gasteiger charge is -2.11. The van der Waals surface area contributed by atoms with Gasteiger partial charge in [-0.1, -0.05) is 0 Å². The molecule has 0 atom stereocenters. The van der Waals surface area contributed by atoms with Crippen LogP contribution in [0.3, 0.4) is 0 Å². The summed E-state index contributed by atoms with van der Waals surface area (Å²) in [5.74, 6) is -4.42. The molecule has 4 nitrogen and oxygen atoms in total. The summed E-state index contributed by atoms with van der Waals surface area (Å²) < 4.78 is 32.1. The summed E-state index contributed by atoms with van der Waals surface area (Å²) in [5, 5.41) is 9.03. The summed E-state index contributed by atoms with van der Waals surface area (Å²) in [7, 11) is 1.48. The standard InChI is InChI=1S/C12H11F2NO3/c1-18-8-3-2-7-4-10(15-9(7)5-8)12(13,14)6-11(16)17/h2-5,15H,6H2,1H3,(H,16,17). The van der Waals surface area contributed by atoms with Crippen molar-refractivity contribution in [1.82, 2.24) is 4.98 Å². The molecule has 0 aliphatic carbocycles. The lowest BCUT2D eigenvalue weighted by atomic mass is 10.1. The normalized spacial score (nSPS) is 11.7. The molecule has 2 N–H and O–H groups in total. The highest BCUT2D eigenvalue weighted by Gasteiger charge is 2.36. The van der Waals surface area contributed by atoms with Crippen molar-refractivity contribution in [3.63, 3.8) is 0 Å². The minimum atomic E-state index is -3.42. The van der Waals surface area contributed by atoms with E-state index < -0.39 is 24.0 Å². The molecule has 0 amide bonds. The molecular formula is C12H11F2NO3. The SMILES string of the molecule is COc1ccc2cc(C(F)(F)CC(=O)O)[nH]c2c1. The van der Waals surface area contributed by atoms with E-state index in [0.29, 0.717) is 16.7 Å². The number of methoxy groups -OCH3 is 1. The zero-order valence-electron chi connectivity index (χ0n) is 9.54. The van der Waals surface area contributed by atoms with Crippen molar-refractivity contribution in [2.24, 2.45) is 0 Å². The van der Waals surface area contributed by atoms with Crippen molar-refractivity contribution in [2.75, 3.05) is 7.11 Å². The number of carbonyl (C=O) groups is 1. The Morgan fingerprint density at radius 2 is 2.17 bits per heavy atom. The predicted octanol–water partition coefficient (Wildman–Crippen LogP) is 2.74. The number of aliphatic carboxylic acids is 1. The number of ether oxygens (including phenoxy) is 1. The van der Waals surface area contributed by atoms with Crippen LogP contribution in [0.15, 0.2) is 24.3 Å². The lowest BCUT2D eigenvalue weighted by Crippen LogP contribution is -2.18. The predicted molar refractivity (Wildman–Crippen MR) is 61.0 cm³/mol. The van der Waals surface area contributed by atoms with Crippen LogP contribution in [-0.2, 0) is 10.7 Å². The smallest absolute Gasteiger partial charge is 0.309 e. The Balaban J connectivity index is 2.43. The van der Waals surface area contributed by atoms with Gasteiger partial charge in [0.2, 0.25) is 0 Å². The second kappa shape index (κ2) is 4.29. The van der Waals surface area contributed by atoms with Gasteiger partial charge in [0.15, 0.2) is 0 Å². The maximum atomic E-state index is 13.6. The molecule has 0 bridgehead atoms. The zero-order valence-corrected chi connectivity index (χ0v) is 9.54. The second-order valence-corrected chi connectivity index (χ2v) is 3.91. The van der Waals surface area contributed by atoms with Crippen LogP contribution in [0, 0.1) is 0 Å². The van der Waals surface area contributed by atoms with Crippen LogP contribution in [0.4, 0.5) is 8.78 Å². The summed E-state index contributed by atoms with van der Waals surface area (Å²) in [6, 6.07) is 6.10. The number of fused-ring (bicyclic) bond motifs is 1. The van der Waals surface area contributed by atoms with E-state index in [4.69, 9.17) is 9.84 Å². The maximum absolute atomic E-state index is 13.6. The van der Waals surface area contributed by atoms with Crippen molar-refractivity contribution in [1.29, 1.82) is 0 Å². The van der Waals surface area contributed by atoms with E-state index in [-0.39, 0.29) is 0 Å². The number of rotatable bonds is 4. The summed E-state index contributed by atoms with van der Waals surface area (Å²) in [6.07, 6.45) is -1.24. The van der Waals surface area contributed by atoms with Gasteiger partial charge in [0.25, 0.3) is 5.92 Å². The van der Waals surface area contributed by atoms with Gasteiger partial charge in [0, 0.05) is 17.0 Å². The Morgan fingerprint density at radius 3 is 2.78 bits per heavy atom. The van der Waals surface area contributed by atoms with Gasteiger partial charge in [0.1, 0.15) is 12.2 Å². The van der Waals surface area contributed by atoms with E-state index in [0.717, 1.165) is 0 Å². The molecule has 0 saturated heterocycles. The summed E-state index contributed by atoms with van der Waals surface area (Å²) in [4.78, 5) is 12.9. The molecule has 0 saturated carbocycles.